The summed E-state index contributed by atoms with van der Waals surface area (Å²) in [7, 11) is 0. The minimum Gasteiger partial charge on any atom is -0.397 e. The van der Waals surface area contributed by atoms with Crippen LogP contribution in [0.3, 0.4) is 0 Å². The van der Waals surface area contributed by atoms with Crippen LogP contribution < -0.4 is 11.5 Å². The lowest BCUT2D eigenvalue weighted by Crippen LogP contribution is -1.91. The van der Waals surface area contributed by atoms with Crippen molar-refractivity contribution in [2.45, 2.75) is 48.5 Å². The van der Waals surface area contributed by atoms with Crippen LogP contribution in [0.15, 0.2) is 30.6 Å². The van der Waals surface area contributed by atoms with Gasteiger partial charge in [-0.3, -0.25) is 4.98 Å². The molecule has 4 heteroatoms. The van der Waals surface area contributed by atoms with Crippen molar-refractivity contribution in [3.05, 3.63) is 47.4 Å². The number of hydrogen-bond donors (Lipinski definition) is 2. The van der Waals surface area contributed by atoms with E-state index in [1.165, 1.54) is 0 Å². The molecule has 2 aromatic rings. The number of hydrogen-bond acceptors (Lipinski definition) is 4. The second-order valence-corrected chi connectivity index (χ2v) is 3.94. The van der Waals surface area contributed by atoms with E-state index in [1.807, 2.05) is 60.6 Å². The largest absolute Gasteiger partial charge is 0.397 e. The standard InChI is InChI=1S/C7H10N2.C6H8N2.2C2H6/c1-5-3-6(2)9-4-7(5)8;1-5-2-3-6(7)8-4-5;2*1-2/h3-4H,8H2,1-2H3;2-4H,1H3,(H2,7,8);2*1-2H3. The van der Waals surface area contributed by atoms with Gasteiger partial charge in [0.15, 0.2) is 0 Å². The first-order chi connectivity index (χ1) is 9.99. The van der Waals surface area contributed by atoms with Crippen molar-refractivity contribution in [1.29, 1.82) is 0 Å². The lowest BCUT2D eigenvalue weighted by molar-refractivity contribution is 1.18. The Hall–Kier alpha value is -2.10. The highest BCUT2D eigenvalue weighted by molar-refractivity contribution is 5.43. The summed E-state index contributed by atoms with van der Waals surface area (Å²) in [6.45, 7) is 13.9. The molecule has 21 heavy (non-hydrogen) atoms. The van der Waals surface area contributed by atoms with E-state index in [0.717, 1.165) is 22.5 Å². The maximum absolute atomic E-state index is 5.53. The van der Waals surface area contributed by atoms with Gasteiger partial charge in [0, 0.05) is 11.9 Å². The van der Waals surface area contributed by atoms with Crippen LogP contribution in [0.5, 0.6) is 0 Å². The Labute approximate surface area is 129 Å². The molecule has 0 saturated carbocycles. The third-order valence-corrected chi connectivity index (χ3v) is 2.22. The number of pyridine rings is 2. The van der Waals surface area contributed by atoms with Crippen molar-refractivity contribution in [3.8, 4) is 0 Å². The highest BCUT2D eigenvalue weighted by Gasteiger charge is 1.91. The minimum absolute atomic E-state index is 0.579. The molecule has 0 amide bonds. The van der Waals surface area contributed by atoms with Crippen LogP contribution in [0.25, 0.3) is 0 Å². The highest BCUT2D eigenvalue weighted by Crippen LogP contribution is 2.07. The number of nitrogens with zero attached hydrogens (tertiary/aromatic N) is 2. The van der Waals surface area contributed by atoms with E-state index in [-0.39, 0.29) is 0 Å². The Morgan fingerprint density at radius 1 is 0.810 bits per heavy atom. The third kappa shape index (κ3) is 10.4. The molecule has 0 aliphatic rings. The van der Waals surface area contributed by atoms with Crippen molar-refractivity contribution in [2.24, 2.45) is 0 Å². The Kier molecular flexibility index (Phi) is 13.0. The van der Waals surface area contributed by atoms with Crippen LogP contribution in [-0.4, -0.2) is 9.97 Å². The van der Waals surface area contributed by atoms with Gasteiger partial charge in [0.25, 0.3) is 0 Å². The Morgan fingerprint density at radius 3 is 1.71 bits per heavy atom. The molecule has 0 unspecified atom stereocenters. The van der Waals surface area contributed by atoms with Gasteiger partial charge in [0.2, 0.25) is 0 Å². The van der Waals surface area contributed by atoms with Gasteiger partial charge in [-0.25, -0.2) is 4.98 Å². The van der Waals surface area contributed by atoms with Crippen LogP contribution in [-0.2, 0) is 0 Å². The monoisotopic (exact) mass is 290 g/mol. The second-order valence-electron chi connectivity index (χ2n) is 3.94. The Bertz CT molecular complexity index is 458. The number of nitrogens with two attached hydrogens (primary N) is 2. The van der Waals surface area contributed by atoms with Gasteiger partial charge in [0.05, 0.1) is 11.9 Å². The lowest BCUT2D eigenvalue weighted by atomic mass is 10.2. The van der Waals surface area contributed by atoms with Crippen molar-refractivity contribution in [2.75, 3.05) is 11.5 Å². The fourth-order valence-corrected chi connectivity index (χ4v) is 1.19. The first-order valence-corrected chi connectivity index (χ1v) is 7.36. The van der Waals surface area contributed by atoms with Crippen LogP contribution in [0.2, 0.25) is 0 Å². The molecule has 0 spiro atoms. The van der Waals surface area contributed by atoms with Gasteiger partial charge in [-0.2, -0.15) is 0 Å². The maximum atomic E-state index is 5.53. The second kappa shape index (κ2) is 12.9. The summed E-state index contributed by atoms with van der Waals surface area (Å²) in [5, 5.41) is 0. The van der Waals surface area contributed by atoms with E-state index in [9.17, 15) is 0 Å². The average Bonchev–Trinajstić information content (AvgIpc) is 2.51. The summed E-state index contributed by atoms with van der Waals surface area (Å²) < 4.78 is 0. The summed E-state index contributed by atoms with van der Waals surface area (Å²) in [5.41, 5.74) is 14.9. The lowest BCUT2D eigenvalue weighted by Gasteiger charge is -1.97. The summed E-state index contributed by atoms with van der Waals surface area (Å²) in [6, 6.07) is 5.69. The zero-order valence-electron chi connectivity index (χ0n) is 14.4. The quantitative estimate of drug-likeness (QED) is 0.758. The number of anilines is 2. The molecular weight excluding hydrogens is 260 g/mol. The van der Waals surface area contributed by atoms with Crippen molar-refractivity contribution < 1.29 is 0 Å². The zero-order chi connectivity index (χ0) is 16.8. The molecule has 0 aliphatic carbocycles. The van der Waals surface area contributed by atoms with Crippen LogP contribution >= 0.6 is 0 Å². The van der Waals surface area contributed by atoms with Gasteiger partial charge in [-0.15, -0.1) is 0 Å². The molecule has 118 valence electrons. The molecule has 4 N–H and O–H groups in total. The van der Waals surface area contributed by atoms with Gasteiger partial charge in [-0.05, 0) is 44.0 Å². The van der Waals surface area contributed by atoms with E-state index < -0.39 is 0 Å². The van der Waals surface area contributed by atoms with Crippen molar-refractivity contribution >= 4 is 11.5 Å². The van der Waals surface area contributed by atoms with E-state index in [1.54, 1.807) is 18.5 Å². The highest BCUT2D eigenvalue weighted by atomic mass is 14.8. The van der Waals surface area contributed by atoms with Crippen LogP contribution in [0, 0.1) is 20.8 Å². The number of aromatic nitrogens is 2. The van der Waals surface area contributed by atoms with E-state index in [2.05, 4.69) is 9.97 Å². The number of aryl methyl sites for hydroxylation is 3. The Morgan fingerprint density at radius 2 is 1.38 bits per heavy atom. The summed E-state index contributed by atoms with van der Waals surface area (Å²) >= 11 is 0. The minimum atomic E-state index is 0.579. The normalized spacial score (nSPS) is 8.14. The van der Waals surface area contributed by atoms with Gasteiger partial charge in [-0.1, -0.05) is 33.8 Å². The predicted octanol–water partition coefficient (Wildman–Crippen LogP) is 4.31. The molecule has 0 radical (unpaired) electrons. The number of nitrogen functional groups attached to an aromatic ring is 2. The first-order valence-electron chi connectivity index (χ1n) is 7.36. The molecule has 2 heterocycles. The number of rotatable bonds is 0. The van der Waals surface area contributed by atoms with E-state index in [4.69, 9.17) is 11.5 Å². The average molecular weight is 290 g/mol. The molecule has 0 fully saturated rings. The van der Waals surface area contributed by atoms with E-state index in [0.29, 0.717) is 5.82 Å². The molecule has 2 rings (SSSR count). The summed E-state index contributed by atoms with van der Waals surface area (Å²) in [6.07, 6.45) is 3.43. The van der Waals surface area contributed by atoms with Gasteiger partial charge >= 0.3 is 0 Å². The Balaban J connectivity index is 0. The summed E-state index contributed by atoms with van der Waals surface area (Å²) in [4.78, 5) is 7.87. The molecule has 0 aliphatic heterocycles. The SMILES string of the molecule is CC.CC.Cc1cc(C)c(N)cn1.Cc1ccc(N)nc1. The maximum Gasteiger partial charge on any atom is 0.123 e. The van der Waals surface area contributed by atoms with Gasteiger partial charge < -0.3 is 11.5 Å². The molecule has 0 aromatic carbocycles. The molecular formula is C17H30N4. The molecule has 0 bridgehead atoms. The molecule has 0 saturated heterocycles. The van der Waals surface area contributed by atoms with Gasteiger partial charge in [0.1, 0.15) is 5.82 Å². The molecule has 4 nitrogen and oxygen atoms in total. The topological polar surface area (TPSA) is 77.8 Å². The predicted molar refractivity (Wildman–Crippen MR) is 94.2 cm³/mol. The zero-order valence-corrected chi connectivity index (χ0v) is 14.4. The fourth-order valence-electron chi connectivity index (χ4n) is 1.19. The summed E-state index contributed by atoms with van der Waals surface area (Å²) in [5.74, 6) is 0.579. The first kappa shape index (κ1) is 21.2. The third-order valence-electron chi connectivity index (χ3n) is 2.22. The van der Waals surface area contributed by atoms with E-state index >= 15 is 0 Å². The van der Waals surface area contributed by atoms with Crippen LogP contribution in [0.4, 0.5) is 11.5 Å². The fraction of sp³-hybridized carbons (Fsp3) is 0.412. The molecule has 0 atom stereocenters. The molecule has 2 aromatic heterocycles. The van der Waals surface area contributed by atoms with Crippen molar-refractivity contribution in [1.82, 2.24) is 9.97 Å². The van der Waals surface area contributed by atoms with Crippen molar-refractivity contribution in [3.63, 3.8) is 0 Å². The van der Waals surface area contributed by atoms with Crippen LogP contribution in [0.1, 0.15) is 44.5 Å². The smallest absolute Gasteiger partial charge is 0.123 e.